The van der Waals surface area contributed by atoms with Crippen molar-refractivity contribution in [2.75, 3.05) is 48.2 Å². The Labute approximate surface area is 162 Å². The summed E-state index contributed by atoms with van der Waals surface area (Å²) in [5.41, 5.74) is 4.81. The second kappa shape index (κ2) is 13.4. The molecule has 0 aromatic carbocycles. The van der Waals surface area contributed by atoms with Crippen molar-refractivity contribution in [2.24, 2.45) is 5.73 Å². The molecule has 0 amide bonds. The van der Waals surface area contributed by atoms with Gasteiger partial charge in [0.05, 0.1) is 0 Å². The second-order valence-electron chi connectivity index (χ2n) is 6.42. The average molecular weight is 412 g/mol. The van der Waals surface area contributed by atoms with Gasteiger partial charge in [-0.2, -0.15) is 0 Å². The molecule has 0 aliphatic carbocycles. The molecular weight excluding hydrogens is 370 g/mol. The van der Waals surface area contributed by atoms with Gasteiger partial charge in [0.2, 0.25) is 5.41 Å². The van der Waals surface area contributed by atoms with Crippen LogP contribution in [0, 0.1) is 0 Å². The van der Waals surface area contributed by atoms with Crippen molar-refractivity contribution in [1.29, 1.82) is 0 Å². The van der Waals surface area contributed by atoms with E-state index in [-0.39, 0.29) is 0 Å². The van der Waals surface area contributed by atoms with Crippen LogP contribution in [0.1, 0.15) is 39.5 Å². The smallest absolute Gasteiger partial charge is 0.395 e. The molecule has 0 atom stereocenters. The van der Waals surface area contributed by atoms with E-state index in [0.29, 0.717) is 0 Å². The highest BCUT2D eigenvalue weighted by Gasteiger charge is 2.60. The van der Waals surface area contributed by atoms with Crippen molar-refractivity contribution in [3.05, 3.63) is 0 Å². The lowest BCUT2D eigenvalue weighted by Crippen LogP contribution is -2.65. The van der Waals surface area contributed by atoms with Gasteiger partial charge in [-0.3, -0.25) is 0 Å². The minimum absolute atomic E-state index is 0.630. The average Bonchev–Trinajstić information content (AvgIpc) is 2.67. The van der Waals surface area contributed by atoms with Crippen LogP contribution in [0.15, 0.2) is 0 Å². The summed E-state index contributed by atoms with van der Waals surface area (Å²) >= 11 is 0. The van der Waals surface area contributed by atoms with E-state index in [2.05, 4.69) is 6.55 Å². The van der Waals surface area contributed by atoms with Crippen LogP contribution in [-0.2, 0) is 27.2 Å². The fourth-order valence-corrected chi connectivity index (χ4v) is 9.43. The molecule has 26 heavy (non-hydrogen) atoms. The van der Waals surface area contributed by atoms with Crippen LogP contribution >= 0.6 is 0 Å². The Bertz CT molecular complexity index is 328. The lowest BCUT2D eigenvalue weighted by atomic mass is 10.2. The molecule has 1 fully saturated rings. The predicted molar refractivity (Wildman–Crippen MR) is 109 cm³/mol. The Kier molecular flexibility index (Phi) is 13.4. The summed E-state index contributed by atoms with van der Waals surface area (Å²) in [5.74, 6) is 0. The summed E-state index contributed by atoms with van der Waals surface area (Å²) in [7, 11) is 2.49. The summed E-state index contributed by atoms with van der Waals surface area (Å²) in [5, 5.41) is 0. The topological polar surface area (TPSA) is 81.4 Å². The van der Waals surface area contributed by atoms with Gasteiger partial charge in [-0.25, -0.2) is 0 Å². The van der Waals surface area contributed by atoms with Crippen molar-refractivity contribution >= 4 is 17.1 Å². The molecule has 1 heterocycles. The third kappa shape index (κ3) is 6.95. The maximum absolute atomic E-state index is 5.63. The molecule has 9 heteroatoms. The molecule has 1 rings (SSSR count). The lowest BCUT2D eigenvalue weighted by Gasteiger charge is -2.46. The minimum Gasteiger partial charge on any atom is -0.395 e. The van der Waals surface area contributed by atoms with Gasteiger partial charge in [-0.15, -0.1) is 0 Å². The standard InChI is InChI=1S/C9H20O4Si.C8H21NO2Si/c1-10-9(11-2)7-5-6-8-14(9,12-3)13-4;1-4-10-12(3,11-5-2)8-6-7-9/h5-8H2,1-4H3;4-9H2,1-3H3. The molecule has 0 spiro atoms. The van der Waals surface area contributed by atoms with Crippen LogP contribution in [0.25, 0.3) is 0 Å². The largest absolute Gasteiger partial charge is 0.399 e. The van der Waals surface area contributed by atoms with Crippen molar-refractivity contribution in [3.63, 3.8) is 0 Å². The van der Waals surface area contributed by atoms with Gasteiger partial charge in [-0.05, 0) is 51.9 Å². The minimum atomic E-state index is -2.35. The normalized spacial score (nSPS) is 18.9. The van der Waals surface area contributed by atoms with E-state index in [4.69, 9.17) is 32.9 Å². The summed E-state index contributed by atoms with van der Waals surface area (Å²) in [6, 6.07) is 1.94. The summed E-state index contributed by atoms with van der Waals surface area (Å²) < 4.78 is 33.5. The molecule has 2 N–H and O–H groups in total. The third-order valence-electron chi connectivity index (χ3n) is 4.90. The SMILES string of the molecule is CCO[Si](C)(CCCN)OCC.COC1(OC)CCCC[Si]1(OC)OC. The first-order chi connectivity index (χ1) is 12.4. The quantitative estimate of drug-likeness (QED) is 0.413. The zero-order chi connectivity index (χ0) is 20.1. The monoisotopic (exact) mass is 411 g/mol. The van der Waals surface area contributed by atoms with Gasteiger partial charge in [-0.1, -0.05) is 6.42 Å². The lowest BCUT2D eigenvalue weighted by molar-refractivity contribution is -0.183. The molecule has 0 aromatic heterocycles. The van der Waals surface area contributed by atoms with Gasteiger partial charge < -0.3 is 32.9 Å². The first kappa shape index (κ1) is 26.2. The summed E-state index contributed by atoms with van der Waals surface area (Å²) in [4.78, 5) is 0. The van der Waals surface area contributed by atoms with Gasteiger partial charge in [0.25, 0.3) is 0 Å². The van der Waals surface area contributed by atoms with E-state index in [1.165, 1.54) is 0 Å². The van der Waals surface area contributed by atoms with E-state index in [9.17, 15) is 0 Å². The van der Waals surface area contributed by atoms with Crippen LogP contribution in [0.5, 0.6) is 0 Å². The highest BCUT2D eigenvalue weighted by molar-refractivity contribution is 6.70. The molecule has 158 valence electrons. The van der Waals surface area contributed by atoms with Crippen LogP contribution in [0.3, 0.4) is 0 Å². The fourth-order valence-electron chi connectivity index (χ4n) is 3.51. The first-order valence-electron chi connectivity index (χ1n) is 9.57. The first-order valence-corrected chi connectivity index (χ1v) is 14.1. The highest BCUT2D eigenvalue weighted by Crippen LogP contribution is 2.40. The fraction of sp³-hybridized carbons (Fsp3) is 1.00. The van der Waals surface area contributed by atoms with E-state index in [0.717, 1.165) is 57.5 Å². The van der Waals surface area contributed by atoms with Crippen LogP contribution < -0.4 is 5.73 Å². The Hall–Kier alpha value is 0.154. The van der Waals surface area contributed by atoms with Crippen molar-refractivity contribution < 1.29 is 27.2 Å². The maximum atomic E-state index is 5.63. The molecule has 1 saturated heterocycles. The van der Waals surface area contributed by atoms with Crippen molar-refractivity contribution in [1.82, 2.24) is 0 Å². The number of rotatable bonds is 11. The van der Waals surface area contributed by atoms with E-state index < -0.39 is 22.5 Å². The Balaban J connectivity index is 0.000000488. The zero-order valence-electron chi connectivity index (χ0n) is 17.9. The summed E-state index contributed by atoms with van der Waals surface area (Å²) in [6.07, 6.45) is 4.09. The summed E-state index contributed by atoms with van der Waals surface area (Å²) in [6.45, 7) is 8.33. The number of ether oxygens (including phenoxy) is 2. The van der Waals surface area contributed by atoms with Crippen LogP contribution in [0.2, 0.25) is 18.6 Å². The predicted octanol–water partition coefficient (Wildman–Crippen LogP) is 2.91. The molecule has 0 bridgehead atoms. The molecular formula is C17H41NO6Si2. The molecule has 0 aromatic rings. The Morgan fingerprint density at radius 2 is 1.50 bits per heavy atom. The van der Waals surface area contributed by atoms with E-state index in [1.54, 1.807) is 28.4 Å². The number of hydrogen-bond acceptors (Lipinski definition) is 7. The molecule has 0 unspecified atom stereocenters. The number of methoxy groups -OCH3 is 2. The Morgan fingerprint density at radius 3 is 1.85 bits per heavy atom. The highest BCUT2D eigenvalue weighted by atomic mass is 28.4. The van der Waals surface area contributed by atoms with Crippen LogP contribution in [-0.4, -0.2) is 70.7 Å². The van der Waals surface area contributed by atoms with Gasteiger partial charge in [0, 0.05) is 48.1 Å². The molecule has 7 nitrogen and oxygen atoms in total. The van der Waals surface area contributed by atoms with Gasteiger partial charge >= 0.3 is 17.1 Å². The van der Waals surface area contributed by atoms with E-state index >= 15 is 0 Å². The Morgan fingerprint density at radius 1 is 0.962 bits per heavy atom. The molecule has 0 saturated carbocycles. The molecule has 0 radical (unpaired) electrons. The number of nitrogens with two attached hydrogens (primary N) is 1. The van der Waals surface area contributed by atoms with E-state index in [1.807, 2.05) is 13.8 Å². The van der Waals surface area contributed by atoms with Gasteiger partial charge in [0.15, 0.2) is 0 Å². The van der Waals surface area contributed by atoms with Crippen LogP contribution in [0.4, 0.5) is 0 Å². The van der Waals surface area contributed by atoms with Crippen molar-refractivity contribution in [3.8, 4) is 0 Å². The van der Waals surface area contributed by atoms with Gasteiger partial charge in [0.1, 0.15) is 0 Å². The third-order valence-corrected chi connectivity index (χ3v) is 12.1. The maximum Gasteiger partial charge on any atom is 0.399 e. The van der Waals surface area contributed by atoms with Crippen molar-refractivity contribution in [2.45, 2.75) is 63.6 Å². The second-order valence-corrected chi connectivity index (χ2v) is 13.4. The number of hydrogen-bond donors (Lipinski definition) is 1. The molecule has 1 aliphatic rings. The molecule has 1 aliphatic heterocycles. The zero-order valence-corrected chi connectivity index (χ0v) is 19.9.